The molecule has 4 heteroatoms. The summed E-state index contributed by atoms with van der Waals surface area (Å²) in [7, 11) is 0. The number of carbonyl (C=O) groups is 1. The Morgan fingerprint density at radius 3 is 2.63 bits per heavy atom. The molecule has 1 heterocycles. The normalized spacial score (nSPS) is 11.3. The van der Waals surface area contributed by atoms with Crippen LogP contribution in [0.15, 0.2) is 36.4 Å². The van der Waals surface area contributed by atoms with Gasteiger partial charge in [0.25, 0.3) is 5.91 Å². The maximum atomic E-state index is 12.1. The summed E-state index contributed by atoms with van der Waals surface area (Å²) in [5, 5.41) is 9.94. The van der Waals surface area contributed by atoms with Crippen molar-refractivity contribution in [2.75, 3.05) is 0 Å². The monoisotopic (exact) mass is 257 g/mol. The number of nitrogens with one attached hydrogen (secondary N) is 2. The number of benzene rings is 1. The molecule has 0 aliphatic carbocycles. The van der Waals surface area contributed by atoms with Crippen molar-refractivity contribution in [1.82, 2.24) is 15.5 Å². The highest BCUT2D eigenvalue weighted by molar-refractivity contribution is 5.93. The van der Waals surface area contributed by atoms with Crippen molar-refractivity contribution in [2.45, 2.75) is 32.7 Å². The third-order valence-corrected chi connectivity index (χ3v) is 3.23. The first kappa shape index (κ1) is 13.3. The van der Waals surface area contributed by atoms with Crippen molar-refractivity contribution >= 4 is 5.91 Å². The van der Waals surface area contributed by atoms with Crippen LogP contribution in [0.5, 0.6) is 0 Å². The highest BCUT2D eigenvalue weighted by Crippen LogP contribution is 2.17. The van der Waals surface area contributed by atoms with Gasteiger partial charge in [0.2, 0.25) is 0 Å². The van der Waals surface area contributed by atoms with Crippen molar-refractivity contribution in [3.63, 3.8) is 0 Å². The summed E-state index contributed by atoms with van der Waals surface area (Å²) in [4.78, 5) is 12.1. The second-order valence-electron chi connectivity index (χ2n) is 5.22. The van der Waals surface area contributed by atoms with Gasteiger partial charge in [-0.2, -0.15) is 5.10 Å². The number of rotatable bonds is 4. The van der Waals surface area contributed by atoms with Crippen molar-refractivity contribution < 1.29 is 4.79 Å². The summed E-state index contributed by atoms with van der Waals surface area (Å²) < 4.78 is 0. The molecule has 0 unspecified atom stereocenters. The third-order valence-electron chi connectivity index (χ3n) is 3.23. The van der Waals surface area contributed by atoms with Crippen LogP contribution in [0.25, 0.3) is 11.3 Å². The van der Waals surface area contributed by atoms with Crippen LogP contribution in [0.4, 0.5) is 0 Å². The molecule has 0 radical (unpaired) electrons. The van der Waals surface area contributed by atoms with Crippen molar-refractivity contribution in [2.24, 2.45) is 0 Å². The fraction of sp³-hybridized carbons (Fsp3) is 0.333. The summed E-state index contributed by atoms with van der Waals surface area (Å²) in [6.45, 7) is 6.04. The molecule has 0 bridgehead atoms. The van der Waals surface area contributed by atoms with Crippen molar-refractivity contribution in [1.29, 1.82) is 0 Å². The smallest absolute Gasteiger partial charge is 0.269 e. The zero-order chi connectivity index (χ0) is 13.9. The van der Waals surface area contributed by atoms with Gasteiger partial charge in [-0.3, -0.25) is 9.89 Å². The lowest BCUT2D eigenvalue weighted by Gasteiger charge is -2.23. The summed E-state index contributed by atoms with van der Waals surface area (Å²) in [6.07, 6.45) is 0.873. The van der Waals surface area contributed by atoms with Crippen LogP contribution in [0, 0.1) is 0 Å². The molecular formula is C15H19N3O. The van der Waals surface area contributed by atoms with Gasteiger partial charge < -0.3 is 5.32 Å². The van der Waals surface area contributed by atoms with E-state index in [9.17, 15) is 4.79 Å². The van der Waals surface area contributed by atoms with E-state index in [1.807, 2.05) is 51.1 Å². The zero-order valence-electron chi connectivity index (χ0n) is 11.5. The largest absolute Gasteiger partial charge is 0.346 e. The standard InChI is InChI=1S/C15H19N3O/c1-4-15(2,3)16-14(19)13-10-12(17-18-13)11-8-6-5-7-9-11/h5-10H,4H2,1-3H3,(H,16,19)(H,17,18). The van der Waals surface area contributed by atoms with Gasteiger partial charge in [0.15, 0.2) is 0 Å². The summed E-state index contributed by atoms with van der Waals surface area (Å²) in [6, 6.07) is 11.6. The molecule has 19 heavy (non-hydrogen) atoms. The molecule has 0 aliphatic heterocycles. The van der Waals surface area contributed by atoms with Gasteiger partial charge in [0, 0.05) is 11.1 Å². The van der Waals surface area contributed by atoms with Gasteiger partial charge in [-0.05, 0) is 26.3 Å². The molecule has 2 N–H and O–H groups in total. The minimum atomic E-state index is -0.213. The number of aromatic nitrogens is 2. The number of hydrogen-bond acceptors (Lipinski definition) is 2. The Morgan fingerprint density at radius 1 is 1.32 bits per heavy atom. The third kappa shape index (κ3) is 3.22. The molecule has 0 atom stereocenters. The van der Waals surface area contributed by atoms with Gasteiger partial charge in [0.05, 0.1) is 5.69 Å². The number of amides is 1. The van der Waals surface area contributed by atoms with Gasteiger partial charge in [0.1, 0.15) is 5.69 Å². The van der Waals surface area contributed by atoms with Crippen molar-refractivity contribution in [3.05, 3.63) is 42.1 Å². The first-order chi connectivity index (χ1) is 9.02. The zero-order valence-corrected chi connectivity index (χ0v) is 11.5. The predicted octanol–water partition coefficient (Wildman–Crippen LogP) is 3.00. The first-order valence-corrected chi connectivity index (χ1v) is 6.45. The van der Waals surface area contributed by atoms with Gasteiger partial charge in [-0.1, -0.05) is 37.3 Å². The maximum absolute atomic E-state index is 12.1. The Morgan fingerprint density at radius 2 is 2.00 bits per heavy atom. The molecule has 0 spiro atoms. The Hall–Kier alpha value is -2.10. The van der Waals surface area contributed by atoms with Crippen LogP contribution in [0.3, 0.4) is 0 Å². The van der Waals surface area contributed by atoms with Crippen LogP contribution < -0.4 is 5.32 Å². The van der Waals surface area contributed by atoms with Crippen LogP contribution in [0.1, 0.15) is 37.7 Å². The fourth-order valence-electron chi connectivity index (χ4n) is 1.66. The molecule has 1 aromatic carbocycles. The molecule has 4 nitrogen and oxygen atoms in total. The predicted molar refractivity (Wildman–Crippen MR) is 75.9 cm³/mol. The number of aromatic amines is 1. The second kappa shape index (κ2) is 5.26. The van der Waals surface area contributed by atoms with E-state index in [1.165, 1.54) is 0 Å². The van der Waals surface area contributed by atoms with Gasteiger partial charge >= 0.3 is 0 Å². The number of H-pyrrole nitrogens is 1. The van der Waals surface area contributed by atoms with E-state index in [2.05, 4.69) is 15.5 Å². The number of hydrogen-bond donors (Lipinski definition) is 2. The van der Waals surface area contributed by atoms with Gasteiger partial charge in [-0.15, -0.1) is 0 Å². The molecule has 2 rings (SSSR count). The van der Waals surface area contributed by atoms with E-state index in [4.69, 9.17) is 0 Å². The maximum Gasteiger partial charge on any atom is 0.269 e. The fourth-order valence-corrected chi connectivity index (χ4v) is 1.66. The minimum Gasteiger partial charge on any atom is -0.346 e. The van der Waals surface area contributed by atoms with E-state index < -0.39 is 0 Å². The Kier molecular flexibility index (Phi) is 3.69. The average Bonchev–Trinajstić information content (AvgIpc) is 2.89. The quantitative estimate of drug-likeness (QED) is 0.884. The Balaban J connectivity index is 2.16. The lowest BCUT2D eigenvalue weighted by Crippen LogP contribution is -2.42. The molecule has 0 saturated carbocycles. The van der Waals surface area contributed by atoms with E-state index in [1.54, 1.807) is 6.07 Å². The lowest BCUT2D eigenvalue weighted by atomic mass is 10.0. The van der Waals surface area contributed by atoms with Crippen molar-refractivity contribution in [3.8, 4) is 11.3 Å². The van der Waals surface area contributed by atoms with Gasteiger partial charge in [-0.25, -0.2) is 0 Å². The highest BCUT2D eigenvalue weighted by atomic mass is 16.2. The molecular weight excluding hydrogens is 238 g/mol. The average molecular weight is 257 g/mol. The molecule has 0 aliphatic rings. The van der Waals surface area contributed by atoms with Crippen LogP contribution >= 0.6 is 0 Å². The van der Waals surface area contributed by atoms with E-state index in [0.717, 1.165) is 17.7 Å². The molecule has 1 aromatic heterocycles. The lowest BCUT2D eigenvalue weighted by molar-refractivity contribution is 0.0906. The Labute approximate surface area is 113 Å². The topological polar surface area (TPSA) is 57.8 Å². The number of carbonyl (C=O) groups excluding carboxylic acids is 1. The van der Waals surface area contributed by atoms with Crippen LogP contribution in [-0.4, -0.2) is 21.6 Å². The van der Waals surface area contributed by atoms with E-state index in [0.29, 0.717) is 5.69 Å². The highest BCUT2D eigenvalue weighted by Gasteiger charge is 2.20. The summed E-state index contributed by atoms with van der Waals surface area (Å²) in [5.41, 5.74) is 2.04. The van der Waals surface area contributed by atoms with Crippen LogP contribution in [-0.2, 0) is 0 Å². The molecule has 0 fully saturated rings. The summed E-state index contributed by atoms with van der Waals surface area (Å²) >= 11 is 0. The minimum absolute atomic E-state index is 0.124. The summed E-state index contributed by atoms with van der Waals surface area (Å²) in [5.74, 6) is -0.124. The number of nitrogens with zero attached hydrogens (tertiary/aromatic N) is 1. The first-order valence-electron chi connectivity index (χ1n) is 6.45. The van der Waals surface area contributed by atoms with E-state index in [-0.39, 0.29) is 11.4 Å². The molecule has 100 valence electrons. The van der Waals surface area contributed by atoms with Crippen LogP contribution in [0.2, 0.25) is 0 Å². The second-order valence-corrected chi connectivity index (χ2v) is 5.22. The Bertz CT molecular complexity index is 558. The molecule has 0 saturated heterocycles. The molecule has 1 amide bonds. The SMILES string of the molecule is CCC(C)(C)NC(=O)c1cc(-c2ccccc2)n[nH]1. The molecule has 2 aromatic rings. The van der Waals surface area contributed by atoms with E-state index >= 15 is 0 Å².